The van der Waals surface area contributed by atoms with Gasteiger partial charge in [0, 0.05) is 18.6 Å². The smallest absolute Gasteiger partial charge is 0.156 e. The number of ether oxygens (including phenoxy) is 3. The lowest BCUT2D eigenvalue weighted by molar-refractivity contribution is -0.116. The molecule has 23 heavy (non-hydrogen) atoms. The molecule has 0 saturated heterocycles. The molecule has 0 heterocycles. The summed E-state index contributed by atoms with van der Waals surface area (Å²) in [7, 11) is 4.82. The predicted octanol–water partition coefficient (Wildman–Crippen LogP) is 4.04. The van der Waals surface area contributed by atoms with Gasteiger partial charge in [-0.05, 0) is 29.6 Å². The fraction of sp³-hybridized carbons (Fsp3) is 0.421. The van der Waals surface area contributed by atoms with E-state index in [9.17, 15) is 4.79 Å². The molecule has 1 aliphatic carbocycles. The molecule has 0 unspecified atom stereocenters. The van der Waals surface area contributed by atoms with Crippen LogP contribution in [0.15, 0.2) is 29.9 Å². The summed E-state index contributed by atoms with van der Waals surface area (Å²) in [5.74, 6) is 2.18. The van der Waals surface area contributed by atoms with Crippen LogP contribution in [0.5, 0.6) is 17.2 Å². The number of allylic oxidation sites excluding steroid dienone is 3. The summed E-state index contributed by atoms with van der Waals surface area (Å²) in [6.07, 6.45) is 7.09. The molecule has 124 valence electrons. The average molecular weight is 316 g/mol. The number of carbonyl (C=O) groups is 1. The molecule has 1 aliphatic rings. The van der Waals surface area contributed by atoms with Gasteiger partial charge in [0.05, 0.1) is 26.9 Å². The largest absolute Gasteiger partial charge is 0.496 e. The molecule has 0 radical (unpaired) electrons. The maximum absolute atomic E-state index is 11.9. The fourth-order valence-corrected chi connectivity index (χ4v) is 2.89. The van der Waals surface area contributed by atoms with Gasteiger partial charge in [-0.25, -0.2) is 0 Å². The molecule has 4 nitrogen and oxygen atoms in total. The first-order valence-electron chi connectivity index (χ1n) is 7.60. The summed E-state index contributed by atoms with van der Waals surface area (Å²) < 4.78 is 16.1. The quantitative estimate of drug-likeness (QED) is 0.822. The van der Waals surface area contributed by atoms with Crippen LogP contribution in [0, 0.1) is 5.41 Å². The summed E-state index contributed by atoms with van der Waals surface area (Å²) in [6, 6.07) is 3.62. The van der Waals surface area contributed by atoms with Crippen molar-refractivity contribution in [2.45, 2.75) is 26.7 Å². The van der Waals surface area contributed by atoms with E-state index in [-0.39, 0.29) is 11.2 Å². The van der Waals surface area contributed by atoms with E-state index in [0.717, 1.165) is 17.6 Å². The van der Waals surface area contributed by atoms with E-state index in [2.05, 4.69) is 13.8 Å². The van der Waals surface area contributed by atoms with Gasteiger partial charge in [0.15, 0.2) is 5.78 Å². The Hall–Kier alpha value is -2.23. The van der Waals surface area contributed by atoms with Crippen LogP contribution in [-0.2, 0) is 4.79 Å². The molecule has 0 N–H and O–H groups in total. The highest BCUT2D eigenvalue weighted by Crippen LogP contribution is 2.37. The van der Waals surface area contributed by atoms with Gasteiger partial charge in [0.2, 0.25) is 0 Å². The maximum Gasteiger partial charge on any atom is 0.156 e. The second-order valence-electron chi connectivity index (χ2n) is 6.48. The monoisotopic (exact) mass is 316 g/mol. The normalized spacial score (nSPS) is 17.1. The number of carbonyl (C=O) groups excluding carboxylic acids is 1. The summed E-state index contributed by atoms with van der Waals surface area (Å²) in [4.78, 5) is 11.9. The van der Waals surface area contributed by atoms with Gasteiger partial charge in [0.1, 0.15) is 17.2 Å². The number of ketones is 1. The zero-order valence-corrected chi connectivity index (χ0v) is 14.4. The highest BCUT2D eigenvalue weighted by Gasteiger charge is 2.26. The number of hydrogen-bond donors (Lipinski definition) is 0. The highest BCUT2D eigenvalue weighted by molar-refractivity contribution is 5.92. The Morgan fingerprint density at radius 1 is 0.957 bits per heavy atom. The van der Waals surface area contributed by atoms with E-state index in [1.165, 1.54) is 0 Å². The first-order chi connectivity index (χ1) is 10.9. The van der Waals surface area contributed by atoms with Crippen LogP contribution < -0.4 is 14.2 Å². The van der Waals surface area contributed by atoms with Crippen molar-refractivity contribution in [3.8, 4) is 17.2 Å². The zero-order valence-electron chi connectivity index (χ0n) is 14.4. The zero-order chi connectivity index (χ0) is 17.0. The van der Waals surface area contributed by atoms with Crippen LogP contribution in [0.1, 0.15) is 32.3 Å². The van der Waals surface area contributed by atoms with E-state index >= 15 is 0 Å². The number of hydrogen-bond acceptors (Lipinski definition) is 4. The highest BCUT2D eigenvalue weighted by atomic mass is 16.5. The topological polar surface area (TPSA) is 44.8 Å². The van der Waals surface area contributed by atoms with E-state index in [1.54, 1.807) is 27.4 Å². The Morgan fingerprint density at radius 3 is 2.04 bits per heavy atom. The summed E-state index contributed by atoms with van der Waals surface area (Å²) in [5, 5.41) is 0. The molecule has 4 heteroatoms. The minimum Gasteiger partial charge on any atom is -0.496 e. The Labute approximate surface area is 137 Å². The van der Waals surface area contributed by atoms with Gasteiger partial charge in [-0.1, -0.05) is 19.9 Å². The molecule has 0 saturated carbocycles. The van der Waals surface area contributed by atoms with Gasteiger partial charge >= 0.3 is 0 Å². The van der Waals surface area contributed by atoms with Crippen LogP contribution in [0.3, 0.4) is 0 Å². The van der Waals surface area contributed by atoms with Gasteiger partial charge in [0.25, 0.3) is 0 Å². The molecule has 0 spiro atoms. The first-order valence-corrected chi connectivity index (χ1v) is 7.60. The van der Waals surface area contributed by atoms with Crippen molar-refractivity contribution < 1.29 is 19.0 Å². The molecule has 0 aliphatic heterocycles. The molecule has 1 aromatic rings. The van der Waals surface area contributed by atoms with Crippen LogP contribution in [-0.4, -0.2) is 27.1 Å². The number of rotatable bonds is 5. The molecule has 1 aromatic carbocycles. The van der Waals surface area contributed by atoms with Crippen LogP contribution in [0.25, 0.3) is 6.08 Å². The van der Waals surface area contributed by atoms with E-state index in [4.69, 9.17) is 14.2 Å². The first kappa shape index (κ1) is 17.1. The number of methoxy groups -OCH3 is 3. The van der Waals surface area contributed by atoms with Crippen molar-refractivity contribution in [1.29, 1.82) is 0 Å². The Morgan fingerprint density at radius 2 is 1.57 bits per heavy atom. The van der Waals surface area contributed by atoms with Crippen LogP contribution >= 0.6 is 0 Å². The van der Waals surface area contributed by atoms with E-state index < -0.39 is 0 Å². The van der Waals surface area contributed by atoms with E-state index in [0.29, 0.717) is 23.7 Å². The molecule has 2 rings (SSSR count). The minimum absolute atomic E-state index is 0.000409. The lowest BCUT2D eigenvalue weighted by Crippen LogP contribution is -2.21. The summed E-state index contributed by atoms with van der Waals surface area (Å²) in [6.45, 7) is 4.22. The lowest BCUT2D eigenvalue weighted by Gasteiger charge is -2.27. The standard InChI is InChI=1S/C19H24O4/c1-19(2)11-13(8-14(20)12-19)6-7-16-17(22-4)9-15(21-3)10-18(16)23-5/h6-10H,11-12H2,1-5H3/b7-6+. The molecular formula is C19H24O4. The lowest BCUT2D eigenvalue weighted by atomic mass is 9.77. The molecule has 0 atom stereocenters. The minimum atomic E-state index is -0.000409. The second kappa shape index (κ2) is 6.90. The van der Waals surface area contributed by atoms with Gasteiger partial charge in [-0.3, -0.25) is 4.79 Å². The van der Waals surface area contributed by atoms with Crippen molar-refractivity contribution >= 4 is 11.9 Å². The van der Waals surface area contributed by atoms with Gasteiger partial charge < -0.3 is 14.2 Å². The Balaban J connectivity index is 2.37. The predicted molar refractivity (Wildman–Crippen MR) is 91.2 cm³/mol. The van der Waals surface area contributed by atoms with E-state index in [1.807, 2.05) is 24.3 Å². The maximum atomic E-state index is 11.9. The third kappa shape index (κ3) is 4.15. The third-order valence-electron chi connectivity index (χ3n) is 3.90. The molecule has 0 fully saturated rings. The fourth-order valence-electron chi connectivity index (χ4n) is 2.89. The second-order valence-corrected chi connectivity index (χ2v) is 6.48. The Bertz CT molecular complexity index is 628. The summed E-state index contributed by atoms with van der Waals surface area (Å²) >= 11 is 0. The summed E-state index contributed by atoms with van der Waals surface area (Å²) in [5.41, 5.74) is 1.85. The van der Waals surface area contributed by atoms with Crippen LogP contribution in [0.2, 0.25) is 0 Å². The van der Waals surface area contributed by atoms with Crippen LogP contribution in [0.4, 0.5) is 0 Å². The molecule has 0 amide bonds. The van der Waals surface area contributed by atoms with Crippen molar-refractivity contribution in [3.05, 3.63) is 35.4 Å². The molecule has 0 aromatic heterocycles. The number of benzene rings is 1. The van der Waals surface area contributed by atoms with Crippen molar-refractivity contribution in [3.63, 3.8) is 0 Å². The van der Waals surface area contributed by atoms with Crippen molar-refractivity contribution in [2.75, 3.05) is 21.3 Å². The SMILES string of the molecule is COc1cc(OC)c(/C=C/C2=CC(=O)CC(C)(C)C2)c(OC)c1. The molecular weight excluding hydrogens is 292 g/mol. The average Bonchev–Trinajstić information content (AvgIpc) is 2.50. The van der Waals surface area contributed by atoms with Crippen molar-refractivity contribution in [1.82, 2.24) is 0 Å². The van der Waals surface area contributed by atoms with Gasteiger partial charge in [-0.15, -0.1) is 0 Å². The van der Waals surface area contributed by atoms with Gasteiger partial charge in [-0.2, -0.15) is 0 Å². The Kier molecular flexibility index (Phi) is 5.14. The van der Waals surface area contributed by atoms with Crippen molar-refractivity contribution in [2.24, 2.45) is 5.41 Å². The third-order valence-corrected chi connectivity index (χ3v) is 3.90. The molecule has 0 bridgehead atoms.